The minimum atomic E-state index is -0.0118. The Bertz CT molecular complexity index is 643. The Labute approximate surface area is 144 Å². The van der Waals surface area contributed by atoms with Gasteiger partial charge in [-0.05, 0) is 62.5 Å². The molecule has 4 rings (SSSR count). The molecule has 0 radical (unpaired) electrons. The second-order valence-electron chi connectivity index (χ2n) is 7.99. The number of nitrogens with two attached hydrogens (primary N) is 1. The SMILES string of the molecule is Cc1ccc2c(c1C)OCC2NC(=O)C1CC2CCCC(C1)C2N. The quantitative estimate of drug-likeness (QED) is 0.877. The van der Waals surface area contributed by atoms with Crippen molar-refractivity contribution in [3.63, 3.8) is 0 Å². The molecule has 3 N–H and O–H groups in total. The monoisotopic (exact) mass is 328 g/mol. The standard InChI is InChI=1S/C20H28N2O2/c1-11-6-7-16-17(10-24-19(16)12(11)2)22-20(23)15-8-13-4-3-5-14(9-15)18(13)21/h6-7,13-15,17-18H,3-5,8-10,21H2,1-2H3,(H,22,23). The van der Waals surface area contributed by atoms with E-state index in [9.17, 15) is 4.79 Å². The largest absolute Gasteiger partial charge is 0.490 e. The number of aryl methyl sites for hydroxylation is 1. The molecule has 1 amide bonds. The van der Waals surface area contributed by atoms with E-state index in [2.05, 4.69) is 31.3 Å². The van der Waals surface area contributed by atoms with Crippen LogP contribution in [-0.2, 0) is 4.79 Å². The summed E-state index contributed by atoms with van der Waals surface area (Å²) in [5.41, 5.74) is 9.89. The lowest BCUT2D eigenvalue weighted by Crippen LogP contribution is -2.49. The van der Waals surface area contributed by atoms with E-state index < -0.39 is 0 Å². The van der Waals surface area contributed by atoms with Gasteiger partial charge in [0, 0.05) is 17.5 Å². The lowest BCUT2D eigenvalue weighted by atomic mass is 9.65. The van der Waals surface area contributed by atoms with E-state index in [-0.39, 0.29) is 17.9 Å². The molecule has 3 unspecified atom stereocenters. The summed E-state index contributed by atoms with van der Waals surface area (Å²) in [5, 5.41) is 3.25. The van der Waals surface area contributed by atoms with Crippen LogP contribution in [0.1, 0.15) is 54.8 Å². The normalized spacial score (nSPS) is 34.4. The van der Waals surface area contributed by atoms with Gasteiger partial charge in [0.05, 0.1) is 6.04 Å². The van der Waals surface area contributed by atoms with Gasteiger partial charge in [-0.15, -0.1) is 0 Å². The van der Waals surface area contributed by atoms with E-state index in [4.69, 9.17) is 10.5 Å². The van der Waals surface area contributed by atoms with Gasteiger partial charge in [0.2, 0.25) is 5.91 Å². The zero-order valence-electron chi connectivity index (χ0n) is 14.7. The van der Waals surface area contributed by atoms with Crippen LogP contribution in [0.5, 0.6) is 5.75 Å². The van der Waals surface area contributed by atoms with E-state index in [1.807, 2.05) is 0 Å². The molecule has 0 saturated heterocycles. The fraction of sp³-hybridized carbons (Fsp3) is 0.650. The van der Waals surface area contributed by atoms with E-state index in [0.29, 0.717) is 24.5 Å². The highest BCUT2D eigenvalue weighted by Crippen LogP contribution is 2.42. The highest BCUT2D eigenvalue weighted by atomic mass is 16.5. The third-order valence-electron chi connectivity index (χ3n) is 6.58. The second kappa shape index (κ2) is 6.07. The van der Waals surface area contributed by atoms with E-state index in [1.54, 1.807) is 0 Å². The molecule has 0 aromatic heterocycles. The highest BCUT2D eigenvalue weighted by Gasteiger charge is 2.41. The summed E-state index contributed by atoms with van der Waals surface area (Å²) >= 11 is 0. The van der Waals surface area contributed by atoms with Crippen LogP contribution in [0.2, 0.25) is 0 Å². The van der Waals surface area contributed by atoms with Gasteiger partial charge in [0.25, 0.3) is 0 Å². The number of benzene rings is 1. The van der Waals surface area contributed by atoms with Crippen molar-refractivity contribution in [1.82, 2.24) is 5.32 Å². The van der Waals surface area contributed by atoms with Gasteiger partial charge in [-0.1, -0.05) is 18.6 Å². The molecule has 3 atom stereocenters. The number of ether oxygens (including phenoxy) is 1. The Morgan fingerprint density at radius 1 is 1.21 bits per heavy atom. The Morgan fingerprint density at radius 2 is 1.92 bits per heavy atom. The van der Waals surface area contributed by atoms with Gasteiger partial charge in [-0.3, -0.25) is 4.79 Å². The average molecular weight is 328 g/mol. The van der Waals surface area contributed by atoms with E-state index in [0.717, 1.165) is 24.2 Å². The molecule has 24 heavy (non-hydrogen) atoms. The van der Waals surface area contributed by atoms with Crippen molar-refractivity contribution in [1.29, 1.82) is 0 Å². The van der Waals surface area contributed by atoms with Crippen molar-refractivity contribution < 1.29 is 9.53 Å². The van der Waals surface area contributed by atoms with Gasteiger partial charge in [0.15, 0.2) is 0 Å². The van der Waals surface area contributed by atoms with Crippen LogP contribution in [-0.4, -0.2) is 18.6 Å². The summed E-state index contributed by atoms with van der Waals surface area (Å²) in [6.45, 7) is 4.72. The molecule has 2 aliphatic carbocycles. The van der Waals surface area contributed by atoms with Crippen LogP contribution in [0.3, 0.4) is 0 Å². The molecule has 4 heteroatoms. The number of carbonyl (C=O) groups is 1. The lowest BCUT2D eigenvalue weighted by Gasteiger charge is -2.43. The Balaban J connectivity index is 1.46. The van der Waals surface area contributed by atoms with Crippen molar-refractivity contribution in [3.8, 4) is 5.75 Å². The first-order valence-corrected chi connectivity index (χ1v) is 9.33. The van der Waals surface area contributed by atoms with Crippen molar-refractivity contribution in [2.45, 2.75) is 58.0 Å². The zero-order valence-corrected chi connectivity index (χ0v) is 14.7. The lowest BCUT2D eigenvalue weighted by molar-refractivity contribution is -0.128. The first kappa shape index (κ1) is 15.9. The maximum absolute atomic E-state index is 12.8. The smallest absolute Gasteiger partial charge is 0.223 e. The number of nitrogens with one attached hydrogen (secondary N) is 1. The van der Waals surface area contributed by atoms with Crippen LogP contribution >= 0.6 is 0 Å². The Kier molecular flexibility index (Phi) is 4.03. The van der Waals surface area contributed by atoms with Crippen molar-refractivity contribution in [3.05, 3.63) is 28.8 Å². The van der Waals surface area contributed by atoms with Crippen LogP contribution in [0.15, 0.2) is 12.1 Å². The molecule has 1 aromatic carbocycles. The fourth-order valence-corrected chi connectivity index (χ4v) is 4.95. The maximum Gasteiger partial charge on any atom is 0.223 e. The van der Waals surface area contributed by atoms with Crippen molar-refractivity contribution in [2.75, 3.05) is 6.61 Å². The molecular formula is C20H28N2O2. The third-order valence-corrected chi connectivity index (χ3v) is 6.58. The summed E-state index contributed by atoms with van der Waals surface area (Å²) in [6, 6.07) is 4.51. The van der Waals surface area contributed by atoms with E-state index in [1.165, 1.54) is 30.4 Å². The minimum absolute atomic E-state index is 0.0118. The summed E-state index contributed by atoms with van der Waals surface area (Å²) in [7, 11) is 0. The van der Waals surface area contributed by atoms with Gasteiger partial charge in [0.1, 0.15) is 12.4 Å². The van der Waals surface area contributed by atoms with Crippen LogP contribution < -0.4 is 15.8 Å². The van der Waals surface area contributed by atoms with Gasteiger partial charge in [-0.2, -0.15) is 0 Å². The third kappa shape index (κ3) is 2.61. The minimum Gasteiger partial charge on any atom is -0.490 e. The second-order valence-corrected chi connectivity index (χ2v) is 7.99. The summed E-state index contributed by atoms with van der Waals surface area (Å²) in [6.07, 6.45) is 5.57. The molecule has 1 aliphatic heterocycles. The predicted molar refractivity (Wildman–Crippen MR) is 93.8 cm³/mol. The van der Waals surface area contributed by atoms with Gasteiger partial charge < -0.3 is 15.8 Å². The number of rotatable bonds is 2. The van der Waals surface area contributed by atoms with Crippen LogP contribution in [0.4, 0.5) is 0 Å². The first-order valence-electron chi connectivity index (χ1n) is 9.33. The molecule has 0 spiro atoms. The number of hydrogen-bond acceptors (Lipinski definition) is 3. The molecular weight excluding hydrogens is 300 g/mol. The Morgan fingerprint density at radius 3 is 2.62 bits per heavy atom. The van der Waals surface area contributed by atoms with Gasteiger partial charge >= 0.3 is 0 Å². The van der Waals surface area contributed by atoms with Crippen molar-refractivity contribution in [2.24, 2.45) is 23.5 Å². The number of amides is 1. The first-order chi connectivity index (χ1) is 11.5. The maximum atomic E-state index is 12.8. The molecule has 2 fully saturated rings. The summed E-state index contributed by atoms with van der Waals surface area (Å²) in [5.74, 6) is 2.34. The summed E-state index contributed by atoms with van der Waals surface area (Å²) in [4.78, 5) is 12.8. The van der Waals surface area contributed by atoms with E-state index >= 15 is 0 Å². The predicted octanol–water partition coefficient (Wildman–Crippen LogP) is 3.01. The molecule has 130 valence electrons. The van der Waals surface area contributed by atoms with Crippen molar-refractivity contribution >= 4 is 5.91 Å². The molecule has 3 aliphatic rings. The molecule has 4 nitrogen and oxygen atoms in total. The van der Waals surface area contributed by atoms with Gasteiger partial charge in [-0.25, -0.2) is 0 Å². The molecule has 2 bridgehead atoms. The molecule has 1 aromatic rings. The summed E-state index contributed by atoms with van der Waals surface area (Å²) < 4.78 is 5.87. The number of carbonyl (C=O) groups excluding carboxylic acids is 1. The fourth-order valence-electron chi connectivity index (χ4n) is 4.95. The Hall–Kier alpha value is -1.55. The highest BCUT2D eigenvalue weighted by molar-refractivity contribution is 5.79. The molecule has 1 heterocycles. The number of hydrogen-bond donors (Lipinski definition) is 2. The van der Waals surface area contributed by atoms with Crippen LogP contribution in [0, 0.1) is 31.6 Å². The van der Waals surface area contributed by atoms with Crippen LogP contribution in [0.25, 0.3) is 0 Å². The molecule has 2 saturated carbocycles. The average Bonchev–Trinajstić information content (AvgIpc) is 2.94. The topological polar surface area (TPSA) is 64.3 Å². The number of fused-ring (bicyclic) bond motifs is 3. The zero-order chi connectivity index (χ0) is 16.8.